The van der Waals surface area contributed by atoms with Gasteiger partial charge in [0, 0.05) is 24.3 Å². The Morgan fingerprint density at radius 2 is 1.14 bits per heavy atom. The summed E-state index contributed by atoms with van der Waals surface area (Å²) in [6.07, 6.45) is 0. The quantitative estimate of drug-likeness (QED) is 0.549. The molecule has 0 aromatic heterocycles. The lowest BCUT2D eigenvalue weighted by molar-refractivity contribution is 0.576. The predicted octanol–water partition coefficient (Wildman–Crippen LogP) is 5.12. The Kier molecular flexibility index (Phi) is 5.14. The zero-order valence-electron chi connectivity index (χ0n) is 14.3. The Morgan fingerprint density at radius 3 is 1.45 bits per heavy atom. The molecule has 1 nitrogen and oxygen atoms in total. The van der Waals surface area contributed by atoms with Gasteiger partial charge in [0.25, 0.3) is 0 Å². The first-order valence-corrected chi connectivity index (χ1v) is 13.3. The minimum absolute atomic E-state index is 0.156. The van der Waals surface area contributed by atoms with Crippen LogP contribution in [0.2, 0.25) is 25.2 Å². The van der Waals surface area contributed by atoms with Crippen LogP contribution in [0.15, 0.2) is 60.7 Å². The summed E-state index contributed by atoms with van der Waals surface area (Å²) >= 11 is 0. The van der Waals surface area contributed by atoms with Crippen molar-refractivity contribution >= 4 is 25.8 Å². The SMILES string of the molecule is C[C@H]([C@H](C)[Si](C)(C)C)P(=O)(c1ccccc1)c1ccccc1. The molecule has 2 aromatic carbocycles. The molecule has 118 valence electrons. The fourth-order valence-corrected chi connectivity index (χ4v) is 9.47. The highest BCUT2D eigenvalue weighted by atomic mass is 31.2. The molecule has 22 heavy (non-hydrogen) atoms. The molecule has 2 rings (SSSR count). The standard InChI is InChI=1S/C19H27OPSi/c1-16(17(2)22(3,4)5)21(20,18-12-8-6-9-13-18)19-14-10-7-11-15-19/h6-17H,1-5H3/t16-,17+/m1/s1. The summed E-state index contributed by atoms with van der Waals surface area (Å²) in [6, 6.07) is 20.1. The molecule has 0 aliphatic carbocycles. The minimum atomic E-state index is -2.63. The fourth-order valence-electron chi connectivity index (χ4n) is 2.96. The second-order valence-electron chi connectivity index (χ2n) is 7.22. The predicted molar refractivity (Wildman–Crippen MR) is 102 cm³/mol. The lowest BCUT2D eigenvalue weighted by Crippen LogP contribution is -2.37. The van der Waals surface area contributed by atoms with Gasteiger partial charge in [0.2, 0.25) is 0 Å². The summed E-state index contributed by atoms with van der Waals surface area (Å²) in [7, 11) is -4.00. The van der Waals surface area contributed by atoms with E-state index in [9.17, 15) is 4.57 Å². The number of rotatable bonds is 5. The first-order valence-electron chi connectivity index (χ1n) is 7.99. The van der Waals surface area contributed by atoms with Crippen LogP contribution in [0, 0.1) is 0 Å². The zero-order chi connectivity index (χ0) is 16.4. The monoisotopic (exact) mass is 330 g/mol. The lowest BCUT2D eigenvalue weighted by Gasteiger charge is -2.36. The lowest BCUT2D eigenvalue weighted by atomic mass is 10.3. The van der Waals surface area contributed by atoms with E-state index in [1.165, 1.54) is 0 Å². The highest BCUT2D eigenvalue weighted by Crippen LogP contribution is 2.54. The highest BCUT2D eigenvalue weighted by molar-refractivity contribution is 7.79. The molecule has 3 heteroatoms. The molecule has 0 bridgehead atoms. The average molecular weight is 330 g/mol. The third-order valence-corrected chi connectivity index (χ3v) is 12.2. The van der Waals surface area contributed by atoms with E-state index in [-0.39, 0.29) is 5.66 Å². The summed E-state index contributed by atoms with van der Waals surface area (Å²) in [4.78, 5) is 0. The van der Waals surface area contributed by atoms with Crippen LogP contribution in [0.5, 0.6) is 0 Å². The molecule has 2 aromatic rings. The van der Waals surface area contributed by atoms with Crippen molar-refractivity contribution in [2.45, 2.75) is 44.7 Å². The van der Waals surface area contributed by atoms with Gasteiger partial charge in [-0.3, -0.25) is 0 Å². The van der Waals surface area contributed by atoms with Crippen LogP contribution in [0.25, 0.3) is 0 Å². The van der Waals surface area contributed by atoms with E-state index in [1.807, 2.05) is 60.7 Å². The molecule has 0 unspecified atom stereocenters. The average Bonchev–Trinajstić information content (AvgIpc) is 2.53. The van der Waals surface area contributed by atoms with Gasteiger partial charge in [-0.1, -0.05) is 94.2 Å². The molecule has 2 atom stereocenters. The van der Waals surface area contributed by atoms with E-state index in [0.29, 0.717) is 5.54 Å². The van der Waals surface area contributed by atoms with Crippen LogP contribution in [-0.4, -0.2) is 13.7 Å². The van der Waals surface area contributed by atoms with E-state index in [4.69, 9.17) is 0 Å². The van der Waals surface area contributed by atoms with Crippen LogP contribution >= 0.6 is 7.14 Å². The molecule has 0 amide bonds. The zero-order valence-corrected chi connectivity index (χ0v) is 16.2. The van der Waals surface area contributed by atoms with E-state index in [0.717, 1.165) is 10.6 Å². The molecular formula is C19H27OPSi. The van der Waals surface area contributed by atoms with Crippen LogP contribution in [-0.2, 0) is 4.57 Å². The van der Waals surface area contributed by atoms with Gasteiger partial charge in [-0.25, -0.2) is 0 Å². The third-order valence-electron chi connectivity index (χ3n) is 4.94. The molecule has 0 spiro atoms. The van der Waals surface area contributed by atoms with Crippen LogP contribution in [0.3, 0.4) is 0 Å². The van der Waals surface area contributed by atoms with Gasteiger partial charge in [-0.05, 0) is 5.54 Å². The van der Waals surface area contributed by atoms with Gasteiger partial charge >= 0.3 is 0 Å². The van der Waals surface area contributed by atoms with E-state index in [1.54, 1.807) is 0 Å². The van der Waals surface area contributed by atoms with E-state index < -0.39 is 15.2 Å². The highest BCUT2D eigenvalue weighted by Gasteiger charge is 2.40. The molecule has 0 saturated heterocycles. The van der Waals surface area contributed by atoms with Crippen molar-refractivity contribution in [3.63, 3.8) is 0 Å². The Hall–Kier alpha value is -1.11. The summed E-state index contributed by atoms with van der Waals surface area (Å²) in [6.45, 7) is 11.6. The second-order valence-corrected chi connectivity index (χ2v) is 16.0. The first-order chi connectivity index (χ1) is 10.3. The Labute approximate surface area is 136 Å². The molecule has 0 N–H and O–H groups in total. The van der Waals surface area contributed by atoms with Gasteiger partial charge in [-0.2, -0.15) is 0 Å². The molecular weight excluding hydrogens is 303 g/mol. The van der Waals surface area contributed by atoms with Crippen molar-refractivity contribution in [2.24, 2.45) is 0 Å². The summed E-state index contributed by atoms with van der Waals surface area (Å²) < 4.78 is 14.2. The minimum Gasteiger partial charge on any atom is -0.313 e. The van der Waals surface area contributed by atoms with Crippen molar-refractivity contribution in [3.05, 3.63) is 60.7 Å². The molecule has 0 saturated carbocycles. The number of hydrogen-bond acceptors (Lipinski definition) is 1. The summed E-state index contributed by atoms with van der Waals surface area (Å²) in [5, 5.41) is 1.97. The fraction of sp³-hybridized carbons (Fsp3) is 0.368. The normalized spacial score (nSPS) is 15.3. The van der Waals surface area contributed by atoms with Crippen molar-refractivity contribution in [2.75, 3.05) is 0 Å². The van der Waals surface area contributed by atoms with Gasteiger partial charge in [0.15, 0.2) is 0 Å². The maximum absolute atomic E-state index is 14.2. The molecule has 0 aliphatic heterocycles. The van der Waals surface area contributed by atoms with Crippen LogP contribution < -0.4 is 10.6 Å². The smallest absolute Gasteiger partial charge is 0.145 e. The Morgan fingerprint density at radius 1 is 0.773 bits per heavy atom. The Bertz CT molecular complexity index is 603. The largest absolute Gasteiger partial charge is 0.313 e. The van der Waals surface area contributed by atoms with Gasteiger partial charge in [-0.15, -0.1) is 0 Å². The Balaban J connectivity index is 2.60. The van der Waals surface area contributed by atoms with Gasteiger partial charge in [0.05, 0.1) is 0 Å². The van der Waals surface area contributed by atoms with Crippen molar-refractivity contribution < 1.29 is 4.57 Å². The number of hydrogen-bond donors (Lipinski definition) is 0. The van der Waals surface area contributed by atoms with E-state index >= 15 is 0 Å². The van der Waals surface area contributed by atoms with Gasteiger partial charge in [0.1, 0.15) is 7.14 Å². The molecule has 0 heterocycles. The summed E-state index contributed by atoms with van der Waals surface area (Å²) in [5.74, 6) is 0. The van der Waals surface area contributed by atoms with Crippen molar-refractivity contribution in [1.29, 1.82) is 0 Å². The maximum atomic E-state index is 14.2. The van der Waals surface area contributed by atoms with Crippen molar-refractivity contribution in [3.8, 4) is 0 Å². The number of benzene rings is 2. The summed E-state index contributed by atoms with van der Waals surface area (Å²) in [5.41, 5.74) is 0.641. The van der Waals surface area contributed by atoms with Crippen LogP contribution in [0.1, 0.15) is 13.8 Å². The van der Waals surface area contributed by atoms with Crippen LogP contribution in [0.4, 0.5) is 0 Å². The van der Waals surface area contributed by atoms with Gasteiger partial charge < -0.3 is 4.57 Å². The molecule has 0 radical (unpaired) electrons. The van der Waals surface area contributed by atoms with Crippen molar-refractivity contribution in [1.82, 2.24) is 0 Å². The first kappa shape index (κ1) is 17.2. The topological polar surface area (TPSA) is 17.1 Å². The third kappa shape index (κ3) is 3.29. The molecule has 0 aliphatic rings. The maximum Gasteiger partial charge on any atom is 0.145 e. The second kappa shape index (κ2) is 6.56. The molecule has 0 fully saturated rings. The van der Waals surface area contributed by atoms with E-state index in [2.05, 4.69) is 33.5 Å².